The Labute approximate surface area is 187 Å². The molecule has 2 aliphatic rings. The van der Waals surface area contributed by atoms with Gasteiger partial charge in [-0.25, -0.2) is 4.39 Å². The number of nitrogens with zero attached hydrogens (tertiary/aromatic N) is 2. The van der Waals surface area contributed by atoms with Gasteiger partial charge in [0.1, 0.15) is 5.82 Å². The summed E-state index contributed by atoms with van der Waals surface area (Å²) in [6.45, 7) is 1.86. The predicted octanol–water partition coefficient (Wildman–Crippen LogP) is 4.57. The van der Waals surface area contributed by atoms with E-state index in [9.17, 15) is 14.0 Å². The molecule has 4 rings (SSSR count). The summed E-state index contributed by atoms with van der Waals surface area (Å²) in [5.74, 6) is 0.159. The zero-order valence-electron chi connectivity index (χ0n) is 17.3. The second kappa shape index (κ2) is 9.65. The van der Waals surface area contributed by atoms with Crippen LogP contribution in [0.2, 0.25) is 5.02 Å². The molecule has 6 heteroatoms. The van der Waals surface area contributed by atoms with Crippen LogP contribution in [0.5, 0.6) is 0 Å². The predicted molar refractivity (Wildman–Crippen MR) is 120 cm³/mol. The number of halogens is 2. The second-order valence-corrected chi connectivity index (χ2v) is 8.67. The van der Waals surface area contributed by atoms with Crippen molar-refractivity contribution in [3.63, 3.8) is 0 Å². The summed E-state index contributed by atoms with van der Waals surface area (Å²) in [6.07, 6.45) is 6.05. The van der Waals surface area contributed by atoms with Gasteiger partial charge in [0.25, 0.3) is 0 Å². The van der Waals surface area contributed by atoms with Gasteiger partial charge in [0, 0.05) is 43.2 Å². The average molecular weight is 441 g/mol. The molecule has 0 spiro atoms. The average Bonchev–Trinajstić information content (AvgIpc) is 2.77. The Hall–Kier alpha value is -2.66. The summed E-state index contributed by atoms with van der Waals surface area (Å²) in [4.78, 5) is 29.1. The van der Waals surface area contributed by atoms with Crippen molar-refractivity contribution in [3.05, 3.63) is 76.6 Å². The van der Waals surface area contributed by atoms with E-state index in [1.54, 1.807) is 24.3 Å². The summed E-state index contributed by atoms with van der Waals surface area (Å²) in [6, 6.07) is 14.1. The van der Waals surface area contributed by atoms with E-state index < -0.39 is 0 Å². The molecule has 162 valence electrons. The van der Waals surface area contributed by atoms with Crippen molar-refractivity contribution in [1.82, 2.24) is 9.80 Å². The van der Waals surface area contributed by atoms with E-state index in [0.717, 1.165) is 24.0 Å². The van der Waals surface area contributed by atoms with Gasteiger partial charge in [-0.05, 0) is 60.6 Å². The first-order valence-electron chi connectivity index (χ1n) is 10.8. The highest BCUT2D eigenvalue weighted by molar-refractivity contribution is 6.32. The number of hydrogen-bond acceptors (Lipinski definition) is 2. The number of piperidine rings is 2. The monoisotopic (exact) mass is 440 g/mol. The Bertz CT molecular complexity index is 993. The number of benzene rings is 2. The lowest BCUT2D eigenvalue weighted by atomic mass is 9.83. The molecule has 2 aromatic carbocycles. The first-order chi connectivity index (χ1) is 15.0. The SMILES string of the molecule is O=C(C=Cc1ccccc1Cl)N1CC[C@H]2[C@H](CCC(=O)N2CCc2cccc(F)c2)C1. The van der Waals surface area contributed by atoms with Crippen LogP contribution in [-0.4, -0.2) is 47.3 Å². The Morgan fingerprint density at radius 1 is 1.16 bits per heavy atom. The molecule has 0 bridgehead atoms. The van der Waals surface area contributed by atoms with Crippen molar-refractivity contribution in [2.75, 3.05) is 19.6 Å². The minimum absolute atomic E-state index is 0.0263. The number of rotatable bonds is 5. The molecule has 2 heterocycles. The molecule has 0 aromatic heterocycles. The van der Waals surface area contributed by atoms with E-state index in [2.05, 4.69) is 0 Å². The number of fused-ring (bicyclic) bond motifs is 1. The molecule has 2 aromatic rings. The largest absolute Gasteiger partial charge is 0.339 e. The maximum atomic E-state index is 13.5. The van der Waals surface area contributed by atoms with Gasteiger partial charge in [-0.3, -0.25) is 9.59 Å². The van der Waals surface area contributed by atoms with E-state index >= 15 is 0 Å². The van der Waals surface area contributed by atoms with Gasteiger partial charge in [0.15, 0.2) is 0 Å². The number of carbonyl (C=O) groups is 2. The second-order valence-electron chi connectivity index (χ2n) is 8.26. The van der Waals surface area contributed by atoms with E-state index in [4.69, 9.17) is 11.6 Å². The summed E-state index contributed by atoms with van der Waals surface area (Å²) in [7, 11) is 0. The lowest BCUT2D eigenvalue weighted by molar-refractivity contribution is -0.142. The lowest BCUT2D eigenvalue weighted by Gasteiger charge is -2.47. The number of carbonyl (C=O) groups excluding carboxylic acids is 2. The fourth-order valence-corrected chi connectivity index (χ4v) is 4.86. The third-order valence-electron chi connectivity index (χ3n) is 6.30. The van der Waals surface area contributed by atoms with Crippen LogP contribution in [0, 0.1) is 11.7 Å². The van der Waals surface area contributed by atoms with E-state index in [-0.39, 0.29) is 29.6 Å². The minimum Gasteiger partial charge on any atom is -0.339 e. The molecule has 0 aliphatic carbocycles. The zero-order valence-corrected chi connectivity index (χ0v) is 18.1. The summed E-state index contributed by atoms with van der Waals surface area (Å²) >= 11 is 6.16. The van der Waals surface area contributed by atoms with Crippen LogP contribution in [0.4, 0.5) is 4.39 Å². The van der Waals surface area contributed by atoms with Crippen LogP contribution in [0.25, 0.3) is 6.08 Å². The Morgan fingerprint density at radius 2 is 2.00 bits per heavy atom. The third kappa shape index (κ3) is 5.16. The highest BCUT2D eigenvalue weighted by atomic mass is 35.5. The molecule has 2 amide bonds. The van der Waals surface area contributed by atoms with E-state index in [1.807, 2.05) is 34.1 Å². The van der Waals surface area contributed by atoms with Gasteiger partial charge in [0.05, 0.1) is 0 Å². The van der Waals surface area contributed by atoms with Crippen LogP contribution in [0.1, 0.15) is 30.4 Å². The molecule has 31 heavy (non-hydrogen) atoms. The highest BCUT2D eigenvalue weighted by Crippen LogP contribution is 2.31. The first-order valence-corrected chi connectivity index (χ1v) is 11.1. The summed E-state index contributed by atoms with van der Waals surface area (Å²) in [5.41, 5.74) is 1.71. The molecule has 2 aliphatic heterocycles. The highest BCUT2D eigenvalue weighted by Gasteiger charge is 2.39. The Balaban J connectivity index is 1.37. The van der Waals surface area contributed by atoms with Gasteiger partial charge in [-0.1, -0.05) is 41.9 Å². The molecule has 0 radical (unpaired) electrons. The molecule has 0 saturated carbocycles. The van der Waals surface area contributed by atoms with Crippen molar-refractivity contribution in [3.8, 4) is 0 Å². The molecule has 2 fully saturated rings. The quantitative estimate of drug-likeness (QED) is 0.639. The third-order valence-corrected chi connectivity index (χ3v) is 6.64. The van der Waals surface area contributed by atoms with Crippen molar-refractivity contribution < 1.29 is 14.0 Å². The fraction of sp³-hybridized carbons (Fsp3) is 0.360. The van der Waals surface area contributed by atoms with Gasteiger partial charge >= 0.3 is 0 Å². The van der Waals surface area contributed by atoms with Gasteiger partial charge in [-0.15, -0.1) is 0 Å². The van der Waals surface area contributed by atoms with Crippen molar-refractivity contribution in [2.24, 2.45) is 5.92 Å². The zero-order chi connectivity index (χ0) is 21.8. The summed E-state index contributed by atoms with van der Waals surface area (Å²) in [5, 5.41) is 0.616. The lowest BCUT2D eigenvalue weighted by Crippen LogP contribution is -2.57. The van der Waals surface area contributed by atoms with Crippen molar-refractivity contribution >= 4 is 29.5 Å². The van der Waals surface area contributed by atoms with Crippen molar-refractivity contribution in [2.45, 2.75) is 31.7 Å². The first kappa shape index (κ1) is 21.6. The number of hydrogen-bond donors (Lipinski definition) is 0. The van der Waals surface area contributed by atoms with Gasteiger partial charge < -0.3 is 9.80 Å². The molecular formula is C25H26ClFN2O2. The van der Waals surface area contributed by atoms with Crippen LogP contribution in [0.15, 0.2) is 54.6 Å². The van der Waals surface area contributed by atoms with Gasteiger partial charge in [-0.2, -0.15) is 0 Å². The Morgan fingerprint density at radius 3 is 2.81 bits per heavy atom. The molecule has 2 saturated heterocycles. The Kier molecular flexibility index (Phi) is 6.71. The van der Waals surface area contributed by atoms with Crippen molar-refractivity contribution in [1.29, 1.82) is 0 Å². The molecule has 2 atom stereocenters. The van der Waals surface area contributed by atoms with Crippen LogP contribution < -0.4 is 0 Å². The molecule has 0 unspecified atom stereocenters. The fourth-order valence-electron chi connectivity index (χ4n) is 4.66. The molecule has 4 nitrogen and oxygen atoms in total. The normalized spacial score (nSPS) is 21.4. The summed E-state index contributed by atoms with van der Waals surface area (Å²) < 4.78 is 13.5. The number of amides is 2. The van der Waals surface area contributed by atoms with Crippen LogP contribution in [0.3, 0.4) is 0 Å². The molecular weight excluding hydrogens is 415 g/mol. The molecule has 0 N–H and O–H groups in total. The van der Waals surface area contributed by atoms with E-state index in [1.165, 1.54) is 12.1 Å². The van der Waals surface area contributed by atoms with Crippen LogP contribution in [-0.2, 0) is 16.0 Å². The maximum absolute atomic E-state index is 13.5. The van der Waals surface area contributed by atoms with Gasteiger partial charge in [0.2, 0.25) is 11.8 Å². The smallest absolute Gasteiger partial charge is 0.246 e. The minimum atomic E-state index is -0.253. The topological polar surface area (TPSA) is 40.6 Å². The maximum Gasteiger partial charge on any atom is 0.246 e. The number of likely N-dealkylation sites (tertiary alicyclic amines) is 2. The van der Waals surface area contributed by atoms with Crippen LogP contribution >= 0.6 is 11.6 Å². The standard InChI is InChI=1S/C25H26ClFN2O2/c26-22-7-2-1-5-19(22)8-10-24(30)28-14-13-23-20(17-28)9-11-25(31)29(23)15-12-18-4-3-6-21(27)16-18/h1-8,10,16,20,23H,9,11-15,17H2/t20-,23+/m1/s1. The van der Waals surface area contributed by atoms with E-state index in [0.29, 0.717) is 37.5 Å².